The van der Waals surface area contributed by atoms with Gasteiger partial charge in [-0.1, -0.05) is 12.1 Å². The van der Waals surface area contributed by atoms with Crippen LogP contribution in [-0.2, 0) is 6.54 Å². The van der Waals surface area contributed by atoms with Crippen LogP contribution in [0.25, 0.3) is 0 Å². The van der Waals surface area contributed by atoms with E-state index in [9.17, 15) is 13.2 Å². The summed E-state index contributed by atoms with van der Waals surface area (Å²) in [6.45, 7) is -0.125. The highest BCUT2D eigenvalue weighted by molar-refractivity contribution is 5.27. The SMILES string of the molecule is CNCc1ccc(OCC(O)C(F)(F)F)cc1. The zero-order valence-electron chi connectivity index (χ0n) is 9.29. The molecule has 96 valence electrons. The van der Waals surface area contributed by atoms with Crippen molar-refractivity contribution >= 4 is 0 Å². The first-order valence-corrected chi connectivity index (χ1v) is 5.04. The zero-order chi connectivity index (χ0) is 12.9. The molecule has 0 spiro atoms. The maximum Gasteiger partial charge on any atom is 0.417 e. The van der Waals surface area contributed by atoms with Crippen molar-refractivity contribution in [1.29, 1.82) is 0 Å². The standard InChI is InChI=1S/C11H14F3NO2/c1-15-6-8-2-4-9(5-3-8)17-7-10(16)11(12,13)14/h2-5,10,15-16H,6-7H2,1H3. The Morgan fingerprint density at radius 2 is 1.88 bits per heavy atom. The highest BCUT2D eigenvalue weighted by Gasteiger charge is 2.38. The first kappa shape index (κ1) is 13.8. The zero-order valence-corrected chi connectivity index (χ0v) is 9.29. The molecule has 1 rings (SSSR count). The summed E-state index contributed by atoms with van der Waals surface area (Å²) in [5, 5.41) is 11.7. The van der Waals surface area contributed by atoms with Gasteiger partial charge >= 0.3 is 6.18 Å². The molecule has 1 unspecified atom stereocenters. The number of aliphatic hydroxyl groups is 1. The van der Waals surface area contributed by atoms with Crippen LogP contribution in [0.5, 0.6) is 5.75 Å². The van der Waals surface area contributed by atoms with Crippen molar-refractivity contribution in [3.05, 3.63) is 29.8 Å². The van der Waals surface area contributed by atoms with Crippen LogP contribution < -0.4 is 10.1 Å². The number of nitrogens with one attached hydrogen (secondary N) is 1. The fourth-order valence-corrected chi connectivity index (χ4v) is 1.18. The molecule has 3 nitrogen and oxygen atoms in total. The van der Waals surface area contributed by atoms with E-state index in [0.29, 0.717) is 12.3 Å². The fourth-order valence-electron chi connectivity index (χ4n) is 1.18. The van der Waals surface area contributed by atoms with Gasteiger partial charge in [0.15, 0.2) is 6.10 Å². The predicted octanol–water partition coefficient (Wildman–Crippen LogP) is 1.71. The van der Waals surface area contributed by atoms with Gasteiger partial charge in [0, 0.05) is 6.54 Å². The number of rotatable bonds is 5. The van der Waals surface area contributed by atoms with E-state index < -0.39 is 18.9 Å². The van der Waals surface area contributed by atoms with Crippen LogP contribution in [-0.4, -0.2) is 31.0 Å². The molecule has 2 N–H and O–H groups in total. The molecule has 0 saturated heterocycles. The van der Waals surface area contributed by atoms with Gasteiger partial charge in [-0.15, -0.1) is 0 Å². The molecule has 0 aliphatic rings. The third kappa shape index (κ3) is 4.62. The Bertz CT molecular complexity index is 338. The van der Waals surface area contributed by atoms with Crippen LogP contribution in [0, 0.1) is 0 Å². The molecule has 17 heavy (non-hydrogen) atoms. The minimum absolute atomic E-state index is 0.299. The lowest BCUT2D eigenvalue weighted by Gasteiger charge is -2.15. The normalized spacial score (nSPS) is 13.5. The first-order valence-electron chi connectivity index (χ1n) is 5.04. The Labute approximate surface area is 97.2 Å². The number of aliphatic hydroxyl groups excluding tert-OH is 1. The minimum atomic E-state index is -4.65. The number of hydrogen-bond acceptors (Lipinski definition) is 3. The Balaban J connectivity index is 2.47. The van der Waals surface area contributed by atoms with Crippen molar-refractivity contribution in [2.45, 2.75) is 18.8 Å². The van der Waals surface area contributed by atoms with Crippen LogP contribution >= 0.6 is 0 Å². The molecule has 0 heterocycles. The van der Waals surface area contributed by atoms with Crippen LogP contribution in [0.4, 0.5) is 13.2 Å². The molecule has 1 aromatic rings. The van der Waals surface area contributed by atoms with Gasteiger partial charge in [0.2, 0.25) is 0 Å². The molecule has 0 amide bonds. The van der Waals surface area contributed by atoms with Gasteiger partial charge in [-0.25, -0.2) is 0 Å². The maximum absolute atomic E-state index is 12.0. The third-order valence-electron chi connectivity index (χ3n) is 2.09. The van der Waals surface area contributed by atoms with Crippen LogP contribution in [0.15, 0.2) is 24.3 Å². The van der Waals surface area contributed by atoms with Crippen molar-refractivity contribution in [3.8, 4) is 5.75 Å². The van der Waals surface area contributed by atoms with Crippen LogP contribution in [0.2, 0.25) is 0 Å². The van der Waals surface area contributed by atoms with E-state index in [4.69, 9.17) is 9.84 Å². The minimum Gasteiger partial charge on any atom is -0.491 e. The predicted molar refractivity (Wildman–Crippen MR) is 56.8 cm³/mol. The molecular formula is C11H14F3NO2. The van der Waals surface area contributed by atoms with Crippen LogP contribution in [0.1, 0.15) is 5.56 Å². The average Bonchev–Trinajstić information content (AvgIpc) is 2.27. The molecule has 6 heteroatoms. The molecule has 0 fully saturated rings. The smallest absolute Gasteiger partial charge is 0.417 e. The Morgan fingerprint density at radius 1 is 1.29 bits per heavy atom. The monoisotopic (exact) mass is 249 g/mol. The quantitative estimate of drug-likeness (QED) is 0.834. The number of alkyl halides is 3. The highest BCUT2D eigenvalue weighted by atomic mass is 19.4. The second-order valence-corrected chi connectivity index (χ2v) is 3.54. The summed E-state index contributed by atoms with van der Waals surface area (Å²) in [5.74, 6) is 0.299. The molecule has 0 bridgehead atoms. The second kappa shape index (κ2) is 5.88. The van der Waals surface area contributed by atoms with Gasteiger partial charge in [-0.05, 0) is 24.7 Å². The second-order valence-electron chi connectivity index (χ2n) is 3.54. The third-order valence-corrected chi connectivity index (χ3v) is 2.09. The molecule has 0 aliphatic heterocycles. The lowest BCUT2D eigenvalue weighted by molar-refractivity contribution is -0.210. The van der Waals surface area contributed by atoms with Gasteiger partial charge < -0.3 is 15.2 Å². The fraction of sp³-hybridized carbons (Fsp3) is 0.455. The van der Waals surface area contributed by atoms with Gasteiger partial charge in [-0.3, -0.25) is 0 Å². The van der Waals surface area contributed by atoms with Gasteiger partial charge in [0.25, 0.3) is 0 Å². The van der Waals surface area contributed by atoms with Crippen molar-refractivity contribution in [2.75, 3.05) is 13.7 Å². The Morgan fingerprint density at radius 3 is 2.35 bits per heavy atom. The largest absolute Gasteiger partial charge is 0.491 e. The lowest BCUT2D eigenvalue weighted by atomic mass is 10.2. The number of benzene rings is 1. The van der Waals surface area contributed by atoms with Crippen LogP contribution in [0.3, 0.4) is 0 Å². The van der Waals surface area contributed by atoms with Crippen molar-refractivity contribution in [1.82, 2.24) is 5.32 Å². The average molecular weight is 249 g/mol. The topological polar surface area (TPSA) is 41.5 Å². The molecule has 0 aliphatic carbocycles. The number of hydrogen-bond donors (Lipinski definition) is 2. The molecule has 1 aromatic carbocycles. The van der Waals surface area contributed by atoms with E-state index >= 15 is 0 Å². The summed E-state index contributed by atoms with van der Waals surface area (Å²) >= 11 is 0. The highest BCUT2D eigenvalue weighted by Crippen LogP contribution is 2.21. The summed E-state index contributed by atoms with van der Waals surface area (Å²) in [7, 11) is 1.80. The van der Waals surface area contributed by atoms with E-state index in [0.717, 1.165) is 5.56 Å². The van der Waals surface area contributed by atoms with Crippen molar-refractivity contribution in [2.24, 2.45) is 0 Å². The van der Waals surface area contributed by atoms with Gasteiger partial charge in [-0.2, -0.15) is 13.2 Å². The summed E-state index contributed by atoms with van der Waals surface area (Å²) in [5.41, 5.74) is 0.996. The molecule has 1 atom stereocenters. The van der Waals surface area contributed by atoms with E-state index in [1.807, 2.05) is 0 Å². The Hall–Kier alpha value is -1.27. The van der Waals surface area contributed by atoms with Crippen molar-refractivity contribution < 1.29 is 23.0 Å². The summed E-state index contributed by atoms with van der Waals surface area (Å²) < 4.78 is 40.8. The Kier molecular flexibility index (Phi) is 4.77. The van der Waals surface area contributed by atoms with E-state index in [2.05, 4.69) is 5.32 Å². The molecule has 0 radical (unpaired) electrons. The van der Waals surface area contributed by atoms with Gasteiger partial charge in [0.05, 0.1) is 0 Å². The number of ether oxygens (including phenoxy) is 1. The molecule has 0 aromatic heterocycles. The summed E-state index contributed by atoms with van der Waals surface area (Å²) in [6, 6.07) is 6.61. The van der Waals surface area contributed by atoms with E-state index in [1.54, 1.807) is 31.3 Å². The lowest BCUT2D eigenvalue weighted by Crippen LogP contribution is -2.34. The summed E-state index contributed by atoms with van der Waals surface area (Å²) in [4.78, 5) is 0. The molecule has 0 saturated carbocycles. The van der Waals surface area contributed by atoms with Gasteiger partial charge in [0.1, 0.15) is 12.4 Å². The van der Waals surface area contributed by atoms with E-state index in [-0.39, 0.29) is 0 Å². The number of halogens is 3. The van der Waals surface area contributed by atoms with Crippen molar-refractivity contribution in [3.63, 3.8) is 0 Å². The molecular weight excluding hydrogens is 235 g/mol. The first-order chi connectivity index (χ1) is 7.93. The summed E-state index contributed by atoms with van der Waals surface area (Å²) in [6.07, 6.45) is -7.11. The van der Waals surface area contributed by atoms with E-state index in [1.165, 1.54) is 0 Å². The maximum atomic E-state index is 12.0.